The topological polar surface area (TPSA) is 37.4 Å². The van der Waals surface area contributed by atoms with Crippen molar-refractivity contribution >= 4 is 51.6 Å². The molecule has 1 aromatic carbocycles. The Labute approximate surface area is 123 Å². The summed E-state index contributed by atoms with van der Waals surface area (Å²) in [5.41, 5.74) is 0.921. The van der Waals surface area contributed by atoms with E-state index < -0.39 is 0 Å². The Kier molecular flexibility index (Phi) is 4.09. The third kappa shape index (κ3) is 2.60. The van der Waals surface area contributed by atoms with Gasteiger partial charge in [0.15, 0.2) is 0 Å². The number of hydrogen-bond acceptors (Lipinski definition) is 3. The monoisotopic (exact) mass is 369 g/mol. The molecule has 0 saturated carbocycles. The van der Waals surface area contributed by atoms with Gasteiger partial charge < -0.3 is 0 Å². The van der Waals surface area contributed by atoms with Gasteiger partial charge in [-0.2, -0.15) is 0 Å². The van der Waals surface area contributed by atoms with Crippen LogP contribution in [0.5, 0.6) is 0 Å². The van der Waals surface area contributed by atoms with Crippen molar-refractivity contribution in [1.82, 2.24) is 4.90 Å². The molecule has 1 fully saturated rings. The molecule has 0 bridgehead atoms. The predicted molar refractivity (Wildman–Crippen MR) is 80.7 cm³/mol. The Morgan fingerprint density at radius 3 is 2.78 bits per heavy atom. The van der Waals surface area contributed by atoms with Gasteiger partial charge in [-0.3, -0.25) is 14.5 Å². The molecular formula is C13H8INO2S. The summed E-state index contributed by atoms with van der Waals surface area (Å²) in [7, 11) is 0. The number of carbonyl (C=O) groups excluding carboxylic acids is 2. The van der Waals surface area contributed by atoms with Gasteiger partial charge in [-0.1, -0.05) is 24.1 Å². The second-order valence-corrected chi connectivity index (χ2v) is 5.65. The maximum Gasteiger partial charge on any atom is 0.294 e. The molecule has 90 valence electrons. The van der Waals surface area contributed by atoms with Gasteiger partial charge >= 0.3 is 0 Å². The second kappa shape index (κ2) is 5.59. The fourth-order valence-corrected chi connectivity index (χ4v) is 2.83. The van der Waals surface area contributed by atoms with Crippen LogP contribution in [0, 0.1) is 15.9 Å². The summed E-state index contributed by atoms with van der Waals surface area (Å²) in [5, 5.41) is -0.310. The van der Waals surface area contributed by atoms with Crippen molar-refractivity contribution in [3.05, 3.63) is 38.3 Å². The van der Waals surface area contributed by atoms with E-state index in [1.165, 1.54) is 0 Å². The number of halogens is 1. The molecule has 3 nitrogen and oxygen atoms in total. The van der Waals surface area contributed by atoms with E-state index in [2.05, 4.69) is 28.5 Å². The second-order valence-electron chi connectivity index (χ2n) is 3.49. The largest absolute Gasteiger partial charge is 0.294 e. The summed E-state index contributed by atoms with van der Waals surface area (Å²) in [6.07, 6.45) is 6.85. The lowest BCUT2D eigenvalue weighted by atomic mass is 10.2. The Bertz CT molecular complexity index is 589. The molecule has 0 aromatic heterocycles. The van der Waals surface area contributed by atoms with Gasteiger partial charge in [-0.05, 0) is 52.1 Å². The minimum Gasteiger partial charge on any atom is -0.268 e. The Balaban J connectivity index is 2.32. The third-order valence-corrected chi connectivity index (χ3v) is 4.20. The van der Waals surface area contributed by atoms with Gasteiger partial charge in [-0.25, -0.2) is 0 Å². The summed E-state index contributed by atoms with van der Waals surface area (Å²) >= 11 is 3.11. The van der Waals surface area contributed by atoms with E-state index in [4.69, 9.17) is 6.42 Å². The van der Waals surface area contributed by atoms with Crippen LogP contribution >= 0.6 is 34.4 Å². The molecule has 0 spiro atoms. The Morgan fingerprint density at radius 1 is 1.39 bits per heavy atom. The lowest BCUT2D eigenvalue weighted by molar-refractivity contribution is -0.122. The number of imide groups is 1. The molecule has 0 aliphatic carbocycles. The summed E-state index contributed by atoms with van der Waals surface area (Å²) in [6, 6.07) is 7.65. The number of carbonyl (C=O) groups is 2. The lowest BCUT2D eigenvalue weighted by Gasteiger charge is -2.06. The highest BCUT2D eigenvalue weighted by atomic mass is 127. The first kappa shape index (κ1) is 13.2. The molecule has 1 aliphatic heterocycles. The minimum atomic E-state index is -0.317. The predicted octanol–water partition coefficient (Wildman–Crippen LogP) is 2.96. The highest BCUT2D eigenvalue weighted by molar-refractivity contribution is 14.1. The van der Waals surface area contributed by atoms with Crippen LogP contribution in [-0.2, 0) is 4.79 Å². The quantitative estimate of drug-likeness (QED) is 0.457. The molecule has 0 unspecified atom stereocenters. The lowest BCUT2D eigenvalue weighted by Crippen LogP contribution is -2.28. The zero-order valence-corrected chi connectivity index (χ0v) is 12.2. The van der Waals surface area contributed by atoms with Crippen LogP contribution in [0.1, 0.15) is 5.56 Å². The summed E-state index contributed by atoms with van der Waals surface area (Å²) in [5.74, 6) is 1.99. The molecule has 1 heterocycles. The molecule has 1 aliphatic rings. The molecule has 0 atom stereocenters. The average molecular weight is 369 g/mol. The van der Waals surface area contributed by atoms with Crippen LogP contribution < -0.4 is 0 Å². The molecular weight excluding hydrogens is 361 g/mol. The van der Waals surface area contributed by atoms with Gasteiger partial charge in [0, 0.05) is 3.57 Å². The first-order valence-electron chi connectivity index (χ1n) is 5.07. The van der Waals surface area contributed by atoms with Crippen molar-refractivity contribution in [2.45, 2.75) is 0 Å². The minimum absolute atomic E-state index is 0.0217. The molecule has 1 aromatic rings. The van der Waals surface area contributed by atoms with E-state index in [9.17, 15) is 9.59 Å². The van der Waals surface area contributed by atoms with E-state index in [0.29, 0.717) is 4.91 Å². The van der Waals surface area contributed by atoms with E-state index >= 15 is 0 Å². The summed E-state index contributed by atoms with van der Waals surface area (Å²) in [6.45, 7) is 0.0217. The molecule has 5 heteroatoms. The number of hydrogen-bond donors (Lipinski definition) is 0. The van der Waals surface area contributed by atoms with Gasteiger partial charge in [0.1, 0.15) is 0 Å². The van der Waals surface area contributed by atoms with Gasteiger partial charge in [0.25, 0.3) is 11.1 Å². The SMILES string of the molecule is C#CCN1C(=O)S/C(=C\c2ccccc2I)C1=O. The normalized spacial score (nSPS) is 17.3. The summed E-state index contributed by atoms with van der Waals surface area (Å²) < 4.78 is 1.03. The number of terminal acetylenes is 1. The van der Waals surface area contributed by atoms with Crippen molar-refractivity contribution < 1.29 is 9.59 Å². The summed E-state index contributed by atoms with van der Waals surface area (Å²) in [4.78, 5) is 25.0. The van der Waals surface area contributed by atoms with Crippen molar-refractivity contribution in [2.24, 2.45) is 0 Å². The maximum atomic E-state index is 11.9. The molecule has 1 saturated heterocycles. The highest BCUT2D eigenvalue weighted by Gasteiger charge is 2.34. The van der Waals surface area contributed by atoms with Crippen LogP contribution in [0.2, 0.25) is 0 Å². The number of nitrogens with zero attached hydrogens (tertiary/aromatic N) is 1. The van der Waals surface area contributed by atoms with E-state index in [1.54, 1.807) is 6.08 Å². The molecule has 18 heavy (non-hydrogen) atoms. The van der Waals surface area contributed by atoms with Crippen molar-refractivity contribution in [3.8, 4) is 12.3 Å². The Morgan fingerprint density at radius 2 is 2.11 bits per heavy atom. The number of rotatable bonds is 2. The standard InChI is InChI=1S/C13H8INO2S/c1-2-7-15-12(16)11(18-13(15)17)8-9-5-3-4-6-10(9)14/h1,3-6,8H,7H2/b11-8-. The van der Waals surface area contributed by atoms with Gasteiger partial charge in [-0.15, -0.1) is 6.42 Å². The van der Waals surface area contributed by atoms with Crippen LogP contribution in [0.4, 0.5) is 4.79 Å². The van der Waals surface area contributed by atoms with E-state index in [0.717, 1.165) is 25.8 Å². The number of thioether (sulfide) groups is 1. The van der Waals surface area contributed by atoms with Crippen LogP contribution in [0.3, 0.4) is 0 Å². The molecule has 0 radical (unpaired) electrons. The average Bonchev–Trinajstić information content (AvgIpc) is 2.60. The first-order valence-corrected chi connectivity index (χ1v) is 6.96. The highest BCUT2D eigenvalue weighted by Crippen LogP contribution is 2.32. The zero-order chi connectivity index (χ0) is 13.1. The van der Waals surface area contributed by atoms with Crippen LogP contribution in [-0.4, -0.2) is 22.6 Å². The van der Waals surface area contributed by atoms with Gasteiger partial charge in [0.2, 0.25) is 0 Å². The fraction of sp³-hybridized carbons (Fsp3) is 0.0769. The third-order valence-electron chi connectivity index (χ3n) is 2.31. The number of amides is 2. The number of benzene rings is 1. The van der Waals surface area contributed by atoms with Crippen LogP contribution in [0.15, 0.2) is 29.2 Å². The van der Waals surface area contributed by atoms with Crippen molar-refractivity contribution in [1.29, 1.82) is 0 Å². The van der Waals surface area contributed by atoms with Crippen LogP contribution in [0.25, 0.3) is 6.08 Å². The molecule has 2 rings (SSSR count). The molecule has 2 amide bonds. The van der Waals surface area contributed by atoms with Crippen molar-refractivity contribution in [3.63, 3.8) is 0 Å². The van der Waals surface area contributed by atoms with E-state index in [1.807, 2.05) is 24.3 Å². The molecule has 0 N–H and O–H groups in total. The maximum absolute atomic E-state index is 11.9. The van der Waals surface area contributed by atoms with E-state index in [-0.39, 0.29) is 17.7 Å². The van der Waals surface area contributed by atoms with Gasteiger partial charge in [0.05, 0.1) is 11.4 Å². The Hall–Kier alpha value is -1.26. The fourth-order valence-electron chi connectivity index (χ4n) is 1.46. The zero-order valence-electron chi connectivity index (χ0n) is 9.22. The van der Waals surface area contributed by atoms with Crippen molar-refractivity contribution in [2.75, 3.05) is 6.54 Å². The smallest absolute Gasteiger partial charge is 0.268 e. The first-order chi connectivity index (χ1) is 8.63.